The van der Waals surface area contributed by atoms with E-state index in [2.05, 4.69) is 5.32 Å². The molecule has 0 aliphatic heterocycles. The first kappa shape index (κ1) is 17.7. The van der Waals surface area contributed by atoms with Gasteiger partial charge in [0.2, 0.25) is 5.91 Å². The highest BCUT2D eigenvalue weighted by molar-refractivity contribution is 7.99. The van der Waals surface area contributed by atoms with E-state index in [4.69, 9.17) is 16.3 Å². The van der Waals surface area contributed by atoms with E-state index in [1.54, 1.807) is 11.8 Å². The van der Waals surface area contributed by atoms with Crippen molar-refractivity contribution in [3.8, 4) is 5.75 Å². The summed E-state index contributed by atoms with van der Waals surface area (Å²) < 4.78 is 5.56. The predicted octanol–water partition coefficient (Wildman–Crippen LogP) is 4.08. The number of hydrogen-bond acceptors (Lipinski definition) is 3. The number of aryl methyl sites for hydroxylation is 1. The second-order valence-corrected chi connectivity index (χ2v) is 6.56. The summed E-state index contributed by atoms with van der Waals surface area (Å²) in [5.74, 6) is 2.04. The van der Waals surface area contributed by atoms with Gasteiger partial charge in [0.1, 0.15) is 12.4 Å². The van der Waals surface area contributed by atoms with Crippen molar-refractivity contribution in [1.29, 1.82) is 0 Å². The van der Waals surface area contributed by atoms with Gasteiger partial charge in [-0.25, -0.2) is 0 Å². The minimum atomic E-state index is 0.0181. The number of halogens is 1. The molecule has 0 spiro atoms. The van der Waals surface area contributed by atoms with Crippen LogP contribution >= 0.6 is 23.4 Å². The fourth-order valence-electron chi connectivity index (χ4n) is 1.93. The van der Waals surface area contributed by atoms with Gasteiger partial charge in [-0.05, 0) is 36.8 Å². The van der Waals surface area contributed by atoms with E-state index in [1.807, 2.05) is 55.5 Å². The van der Waals surface area contributed by atoms with Crippen molar-refractivity contribution in [2.24, 2.45) is 0 Å². The molecule has 5 heteroatoms. The van der Waals surface area contributed by atoms with Crippen LogP contribution in [0.25, 0.3) is 0 Å². The average Bonchev–Trinajstić information content (AvgIpc) is 2.53. The van der Waals surface area contributed by atoms with Gasteiger partial charge in [0, 0.05) is 10.8 Å². The average molecular weight is 350 g/mol. The van der Waals surface area contributed by atoms with Crippen molar-refractivity contribution in [2.45, 2.75) is 12.7 Å². The lowest BCUT2D eigenvalue weighted by Gasteiger charge is -2.08. The van der Waals surface area contributed by atoms with Crippen molar-refractivity contribution in [2.75, 3.05) is 18.9 Å². The van der Waals surface area contributed by atoms with Crippen LogP contribution in [0.5, 0.6) is 5.75 Å². The van der Waals surface area contributed by atoms with Gasteiger partial charge in [0.15, 0.2) is 0 Å². The number of nitrogens with one attached hydrogen (secondary N) is 1. The topological polar surface area (TPSA) is 38.3 Å². The van der Waals surface area contributed by atoms with Crippen molar-refractivity contribution < 1.29 is 9.53 Å². The molecule has 0 saturated carbocycles. The monoisotopic (exact) mass is 349 g/mol. The summed E-state index contributed by atoms with van der Waals surface area (Å²) in [6, 6.07) is 15.5. The van der Waals surface area contributed by atoms with Crippen LogP contribution in [0.4, 0.5) is 0 Å². The van der Waals surface area contributed by atoms with Crippen LogP contribution in [-0.2, 0) is 10.5 Å². The third-order valence-corrected chi connectivity index (χ3v) is 4.34. The minimum absolute atomic E-state index is 0.0181. The Morgan fingerprint density at radius 3 is 2.74 bits per heavy atom. The summed E-state index contributed by atoms with van der Waals surface area (Å²) in [5, 5.41) is 3.57. The third kappa shape index (κ3) is 6.97. The zero-order valence-corrected chi connectivity index (χ0v) is 14.6. The number of carbonyl (C=O) groups is 1. The Morgan fingerprint density at radius 2 is 2.00 bits per heavy atom. The summed E-state index contributed by atoms with van der Waals surface area (Å²) in [7, 11) is 0. The highest BCUT2D eigenvalue weighted by Crippen LogP contribution is 2.16. The summed E-state index contributed by atoms with van der Waals surface area (Å²) in [5.41, 5.74) is 2.32. The SMILES string of the molecule is Cc1ccc(OCCNC(=O)CSCc2cccc(Cl)c2)cc1. The molecule has 1 N–H and O–H groups in total. The summed E-state index contributed by atoms with van der Waals surface area (Å²) >= 11 is 7.50. The molecular weight excluding hydrogens is 330 g/mol. The van der Waals surface area contributed by atoms with E-state index >= 15 is 0 Å². The zero-order valence-electron chi connectivity index (χ0n) is 13.0. The standard InChI is InChI=1S/C18H20ClNO2S/c1-14-5-7-17(8-6-14)22-10-9-20-18(21)13-23-12-15-3-2-4-16(19)11-15/h2-8,11H,9-10,12-13H2,1H3,(H,20,21). The molecule has 0 radical (unpaired) electrons. The molecule has 0 fully saturated rings. The molecular formula is C18H20ClNO2S. The maximum absolute atomic E-state index is 11.7. The molecule has 23 heavy (non-hydrogen) atoms. The quantitative estimate of drug-likeness (QED) is 0.730. The molecule has 0 unspecified atom stereocenters. The molecule has 0 bridgehead atoms. The van der Waals surface area contributed by atoms with Crippen LogP contribution in [0, 0.1) is 6.92 Å². The van der Waals surface area contributed by atoms with Gasteiger partial charge < -0.3 is 10.1 Å². The summed E-state index contributed by atoms with van der Waals surface area (Å²) in [6.45, 7) is 3.00. The number of amides is 1. The van der Waals surface area contributed by atoms with Gasteiger partial charge >= 0.3 is 0 Å². The third-order valence-electron chi connectivity index (χ3n) is 3.10. The fourth-order valence-corrected chi connectivity index (χ4v) is 2.95. The van der Waals surface area contributed by atoms with Gasteiger partial charge in [0.05, 0.1) is 12.3 Å². The Bertz CT molecular complexity index is 631. The molecule has 2 aromatic rings. The zero-order chi connectivity index (χ0) is 16.5. The van der Waals surface area contributed by atoms with E-state index in [0.29, 0.717) is 18.9 Å². The fraction of sp³-hybridized carbons (Fsp3) is 0.278. The predicted molar refractivity (Wildman–Crippen MR) is 97.3 cm³/mol. The molecule has 0 aliphatic rings. The Hall–Kier alpha value is -1.65. The Balaban J connectivity index is 1.57. The second-order valence-electron chi connectivity index (χ2n) is 5.13. The lowest BCUT2D eigenvalue weighted by Crippen LogP contribution is -2.29. The van der Waals surface area contributed by atoms with Gasteiger partial charge in [-0.3, -0.25) is 4.79 Å². The molecule has 2 rings (SSSR count). The Morgan fingerprint density at radius 1 is 1.22 bits per heavy atom. The lowest BCUT2D eigenvalue weighted by atomic mass is 10.2. The number of ether oxygens (including phenoxy) is 1. The largest absolute Gasteiger partial charge is 0.492 e. The molecule has 0 heterocycles. The van der Waals surface area contributed by atoms with Crippen LogP contribution in [0.3, 0.4) is 0 Å². The van der Waals surface area contributed by atoms with E-state index in [0.717, 1.165) is 22.1 Å². The van der Waals surface area contributed by atoms with Crippen molar-refractivity contribution in [3.05, 3.63) is 64.7 Å². The van der Waals surface area contributed by atoms with Crippen molar-refractivity contribution >= 4 is 29.3 Å². The van der Waals surface area contributed by atoms with E-state index < -0.39 is 0 Å². The van der Waals surface area contributed by atoms with E-state index in [9.17, 15) is 4.79 Å². The second kappa shape index (κ2) is 9.48. The first-order chi connectivity index (χ1) is 11.1. The van der Waals surface area contributed by atoms with Crippen molar-refractivity contribution in [3.63, 3.8) is 0 Å². The molecule has 0 aliphatic carbocycles. The highest BCUT2D eigenvalue weighted by Gasteiger charge is 2.02. The molecule has 2 aromatic carbocycles. The molecule has 122 valence electrons. The molecule has 3 nitrogen and oxygen atoms in total. The highest BCUT2D eigenvalue weighted by atomic mass is 35.5. The summed E-state index contributed by atoms with van der Waals surface area (Å²) in [6.07, 6.45) is 0. The minimum Gasteiger partial charge on any atom is -0.492 e. The van der Waals surface area contributed by atoms with Crippen LogP contribution < -0.4 is 10.1 Å². The molecule has 0 saturated heterocycles. The number of rotatable bonds is 8. The smallest absolute Gasteiger partial charge is 0.230 e. The first-order valence-corrected chi connectivity index (χ1v) is 8.95. The molecule has 0 atom stereocenters. The van der Waals surface area contributed by atoms with E-state index in [-0.39, 0.29) is 5.91 Å². The van der Waals surface area contributed by atoms with Gasteiger partial charge in [0.25, 0.3) is 0 Å². The van der Waals surface area contributed by atoms with Gasteiger partial charge in [-0.2, -0.15) is 0 Å². The number of carbonyl (C=O) groups excluding carboxylic acids is 1. The van der Waals surface area contributed by atoms with Gasteiger partial charge in [-0.15, -0.1) is 11.8 Å². The number of thioether (sulfide) groups is 1. The number of benzene rings is 2. The maximum Gasteiger partial charge on any atom is 0.230 e. The van der Waals surface area contributed by atoms with Crippen molar-refractivity contribution in [1.82, 2.24) is 5.32 Å². The van der Waals surface area contributed by atoms with Crippen LogP contribution in [0.2, 0.25) is 5.02 Å². The first-order valence-electron chi connectivity index (χ1n) is 7.42. The normalized spacial score (nSPS) is 10.3. The van der Waals surface area contributed by atoms with Gasteiger partial charge in [-0.1, -0.05) is 41.4 Å². The van der Waals surface area contributed by atoms with Crippen LogP contribution in [-0.4, -0.2) is 24.8 Å². The van der Waals surface area contributed by atoms with E-state index in [1.165, 1.54) is 5.56 Å². The van der Waals surface area contributed by atoms with Crippen LogP contribution in [0.15, 0.2) is 48.5 Å². The van der Waals surface area contributed by atoms with Crippen LogP contribution in [0.1, 0.15) is 11.1 Å². The molecule has 1 amide bonds. The summed E-state index contributed by atoms with van der Waals surface area (Å²) in [4.78, 5) is 11.7. The lowest BCUT2D eigenvalue weighted by molar-refractivity contribution is -0.118. The molecule has 0 aromatic heterocycles. The Kier molecular flexibility index (Phi) is 7.30. The Labute approximate surface area is 146 Å². The maximum atomic E-state index is 11.7. The number of hydrogen-bond donors (Lipinski definition) is 1.